The van der Waals surface area contributed by atoms with Gasteiger partial charge in [-0.15, -0.1) is 0 Å². The number of hydrogen-bond donors (Lipinski definition) is 1. The van der Waals surface area contributed by atoms with Gasteiger partial charge in [-0.25, -0.2) is 4.39 Å². The average Bonchev–Trinajstić information content (AvgIpc) is 2.65. The molecule has 2 aromatic rings. The summed E-state index contributed by atoms with van der Waals surface area (Å²) in [5, 5.41) is 2.72. The maximum absolute atomic E-state index is 13.9. The maximum atomic E-state index is 13.9. The first-order valence-corrected chi connectivity index (χ1v) is 9.84. The number of rotatable bonds is 3. The summed E-state index contributed by atoms with van der Waals surface area (Å²) in [5.74, 6) is -1.10. The molecule has 0 radical (unpaired) electrons. The fourth-order valence-corrected chi connectivity index (χ4v) is 3.72. The van der Waals surface area contributed by atoms with E-state index in [0.29, 0.717) is 15.7 Å². The van der Waals surface area contributed by atoms with Crippen molar-refractivity contribution in [3.63, 3.8) is 0 Å². The predicted molar refractivity (Wildman–Crippen MR) is 108 cm³/mol. The summed E-state index contributed by atoms with van der Waals surface area (Å²) in [7, 11) is 0. The minimum Gasteiger partial charge on any atom is -0.336 e. The topological polar surface area (TPSA) is 49.4 Å². The largest absolute Gasteiger partial charge is 0.336 e. The molecule has 2 amide bonds. The van der Waals surface area contributed by atoms with Crippen molar-refractivity contribution in [1.29, 1.82) is 0 Å². The number of nitrogens with one attached hydrogen (secondary N) is 1. The lowest BCUT2D eigenvalue weighted by atomic mass is 10.0. The molecule has 6 heteroatoms. The molecule has 27 heavy (non-hydrogen) atoms. The summed E-state index contributed by atoms with van der Waals surface area (Å²) in [5.41, 5.74) is 1.89. The average molecular weight is 433 g/mol. The van der Waals surface area contributed by atoms with Crippen LogP contribution in [0.3, 0.4) is 0 Å². The van der Waals surface area contributed by atoms with Gasteiger partial charge < -0.3 is 10.2 Å². The minimum absolute atomic E-state index is 0.0150. The van der Waals surface area contributed by atoms with Crippen LogP contribution < -0.4 is 5.32 Å². The van der Waals surface area contributed by atoms with Crippen molar-refractivity contribution in [3.8, 4) is 0 Å². The van der Waals surface area contributed by atoms with Gasteiger partial charge in [0, 0.05) is 28.3 Å². The Bertz CT molecular complexity index is 884. The molecule has 1 heterocycles. The van der Waals surface area contributed by atoms with E-state index in [1.165, 1.54) is 12.1 Å². The third-order valence-electron chi connectivity index (χ3n) is 4.96. The van der Waals surface area contributed by atoms with Crippen molar-refractivity contribution < 1.29 is 14.0 Å². The number of carbonyl (C=O) groups is 2. The van der Waals surface area contributed by atoms with Crippen molar-refractivity contribution in [1.82, 2.24) is 4.90 Å². The second-order valence-electron chi connectivity index (χ2n) is 6.95. The van der Waals surface area contributed by atoms with Crippen molar-refractivity contribution >= 4 is 33.4 Å². The third kappa shape index (κ3) is 4.38. The highest BCUT2D eigenvalue weighted by atomic mass is 79.9. The first-order valence-electron chi connectivity index (χ1n) is 9.05. The summed E-state index contributed by atoms with van der Waals surface area (Å²) in [6.45, 7) is 4.67. The molecule has 1 saturated heterocycles. The van der Waals surface area contributed by atoms with Crippen LogP contribution in [0, 0.1) is 12.7 Å². The Morgan fingerprint density at radius 1 is 1.19 bits per heavy atom. The zero-order valence-electron chi connectivity index (χ0n) is 15.4. The molecule has 1 fully saturated rings. The molecule has 0 spiro atoms. The fourth-order valence-electron chi connectivity index (χ4n) is 3.36. The summed E-state index contributed by atoms with van der Waals surface area (Å²) < 4.78 is 14.5. The van der Waals surface area contributed by atoms with Gasteiger partial charge in [0.2, 0.25) is 0 Å². The molecule has 0 bridgehead atoms. The predicted octanol–water partition coefficient (Wildman–Crippen LogP) is 5.16. The van der Waals surface area contributed by atoms with Gasteiger partial charge in [0.05, 0.1) is 5.56 Å². The van der Waals surface area contributed by atoms with Crippen LogP contribution in [0.25, 0.3) is 0 Å². The molecule has 2 aromatic carbocycles. The minimum atomic E-state index is -0.584. The second-order valence-corrected chi connectivity index (χ2v) is 7.87. The molecule has 1 N–H and O–H groups in total. The lowest BCUT2D eigenvalue weighted by molar-refractivity contribution is 0.0635. The summed E-state index contributed by atoms with van der Waals surface area (Å²) >= 11 is 3.24. The molecule has 3 rings (SSSR count). The number of likely N-dealkylation sites (tertiary alicyclic amines) is 1. The van der Waals surface area contributed by atoms with E-state index in [1.807, 2.05) is 11.8 Å². The molecule has 1 atom stereocenters. The van der Waals surface area contributed by atoms with Gasteiger partial charge in [0.15, 0.2) is 0 Å². The van der Waals surface area contributed by atoms with E-state index in [4.69, 9.17) is 0 Å². The Morgan fingerprint density at radius 2 is 1.96 bits per heavy atom. The standard InChI is InChI=1S/C21H22BrFN2O2/c1-13-11-15(21(27)25-10-4-3-5-14(25)2)6-9-19(13)24-20(26)17-12-16(22)7-8-18(17)23/h6-9,11-12,14H,3-5,10H2,1-2H3,(H,24,26). The molecule has 4 nitrogen and oxygen atoms in total. The van der Waals surface area contributed by atoms with Crippen LogP contribution >= 0.6 is 15.9 Å². The Kier molecular flexibility index (Phi) is 5.95. The van der Waals surface area contributed by atoms with Gasteiger partial charge in [-0.2, -0.15) is 0 Å². The lowest BCUT2D eigenvalue weighted by Crippen LogP contribution is -2.42. The van der Waals surface area contributed by atoms with E-state index >= 15 is 0 Å². The van der Waals surface area contributed by atoms with E-state index in [2.05, 4.69) is 28.2 Å². The van der Waals surface area contributed by atoms with Crippen molar-refractivity contribution in [2.75, 3.05) is 11.9 Å². The number of amides is 2. The van der Waals surface area contributed by atoms with Crippen LogP contribution in [0.5, 0.6) is 0 Å². The third-order valence-corrected chi connectivity index (χ3v) is 5.45. The number of halogens is 2. The van der Waals surface area contributed by atoms with E-state index in [0.717, 1.165) is 31.4 Å². The number of benzene rings is 2. The normalized spacial score (nSPS) is 16.9. The van der Waals surface area contributed by atoms with Crippen LogP contribution in [0.1, 0.15) is 52.5 Å². The highest BCUT2D eigenvalue weighted by Crippen LogP contribution is 2.23. The summed E-state index contributed by atoms with van der Waals surface area (Å²) in [6.07, 6.45) is 3.21. The SMILES string of the molecule is Cc1cc(C(=O)N2CCCCC2C)ccc1NC(=O)c1cc(Br)ccc1F. The van der Waals surface area contributed by atoms with Gasteiger partial charge in [0.25, 0.3) is 11.8 Å². The number of piperidine rings is 1. The van der Waals surface area contributed by atoms with Crippen LogP contribution in [0.15, 0.2) is 40.9 Å². The number of carbonyl (C=O) groups excluding carboxylic acids is 2. The Morgan fingerprint density at radius 3 is 2.67 bits per heavy atom. The van der Waals surface area contributed by atoms with Gasteiger partial charge in [-0.1, -0.05) is 15.9 Å². The molecule has 1 aliphatic rings. The zero-order valence-corrected chi connectivity index (χ0v) is 17.0. The lowest BCUT2D eigenvalue weighted by Gasteiger charge is -2.33. The zero-order chi connectivity index (χ0) is 19.6. The second kappa shape index (κ2) is 8.21. The molecular formula is C21H22BrFN2O2. The molecule has 0 aliphatic carbocycles. The number of hydrogen-bond acceptors (Lipinski definition) is 2. The van der Waals surface area contributed by atoms with Crippen LogP contribution in [0.4, 0.5) is 10.1 Å². The van der Waals surface area contributed by atoms with E-state index < -0.39 is 11.7 Å². The number of anilines is 1. The molecule has 1 unspecified atom stereocenters. The highest BCUT2D eigenvalue weighted by molar-refractivity contribution is 9.10. The first kappa shape index (κ1) is 19.5. The van der Waals surface area contributed by atoms with Crippen molar-refractivity contribution in [3.05, 3.63) is 63.4 Å². The van der Waals surface area contributed by atoms with Crippen LogP contribution in [0.2, 0.25) is 0 Å². The van der Waals surface area contributed by atoms with Gasteiger partial charge in [0.1, 0.15) is 5.82 Å². The monoisotopic (exact) mass is 432 g/mol. The van der Waals surface area contributed by atoms with E-state index in [9.17, 15) is 14.0 Å². The molecule has 0 aromatic heterocycles. The van der Waals surface area contributed by atoms with Gasteiger partial charge in [-0.05, 0) is 75.1 Å². The number of aryl methyl sites for hydroxylation is 1. The van der Waals surface area contributed by atoms with Crippen LogP contribution in [-0.2, 0) is 0 Å². The van der Waals surface area contributed by atoms with E-state index in [1.54, 1.807) is 24.3 Å². The quantitative estimate of drug-likeness (QED) is 0.727. The number of nitrogens with zero attached hydrogens (tertiary/aromatic N) is 1. The Hall–Kier alpha value is -2.21. The molecule has 142 valence electrons. The summed E-state index contributed by atoms with van der Waals surface area (Å²) in [4.78, 5) is 27.1. The molecule has 1 aliphatic heterocycles. The van der Waals surface area contributed by atoms with Gasteiger partial charge >= 0.3 is 0 Å². The highest BCUT2D eigenvalue weighted by Gasteiger charge is 2.24. The van der Waals surface area contributed by atoms with Crippen molar-refractivity contribution in [2.45, 2.75) is 39.2 Å². The maximum Gasteiger partial charge on any atom is 0.258 e. The molecular weight excluding hydrogens is 411 g/mol. The first-order chi connectivity index (χ1) is 12.9. The van der Waals surface area contributed by atoms with Crippen molar-refractivity contribution in [2.24, 2.45) is 0 Å². The van der Waals surface area contributed by atoms with Crippen LogP contribution in [-0.4, -0.2) is 29.3 Å². The summed E-state index contributed by atoms with van der Waals surface area (Å²) in [6, 6.07) is 9.65. The Labute approximate surface area is 166 Å². The smallest absolute Gasteiger partial charge is 0.258 e. The van der Waals surface area contributed by atoms with Gasteiger partial charge in [-0.3, -0.25) is 9.59 Å². The molecule has 0 saturated carbocycles. The Balaban J connectivity index is 1.77. The fraction of sp³-hybridized carbons (Fsp3) is 0.333. The van der Waals surface area contributed by atoms with E-state index in [-0.39, 0.29) is 17.5 Å².